The van der Waals surface area contributed by atoms with E-state index < -0.39 is 0 Å². The van der Waals surface area contributed by atoms with Crippen molar-refractivity contribution in [3.63, 3.8) is 0 Å². The van der Waals surface area contributed by atoms with E-state index >= 15 is 0 Å². The number of hydrogen-bond donors (Lipinski definition) is 1. The molecule has 4 heteroatoms. The number of aromatic nitrogens is 1. The molecule has 2 N–H and O–H groups in total. The van der Waals surface area contributed by atoms with E-state index in [9.17, 15) is 0 Å². The second-order valence-electron chi connectivity index (χ2n) is 3.21. The Labute approximate surface area is 97.8 Å². The summed E-state index contributed by atoms with van der Waals surface area (Å²) in [5.74, 6) is 1.12. The highest BCUT2D eigenvalue weighted by molar-refractivity contribution is 9.10. The smallest absolute Gasteiger partial charge is 0.0419 e. The van der Waals surface area contributed by atoms with Crippen LogP contribution in [0.15, 0.2) is 22.8 Å². The highest BCUT2D eigenvalue weighted by Crippen LogP contribution is 2.09. The molecule has 14 heavy (non-hydrogen) atoms. The molecule has 0 saturated carbocycles. The molecule has 0 spiro atoms. The number of pyridine rings is 1. The van der Waals surface area contributed by atoms with E-state index in [0.29, 0.717) is 0 Å². The van der Waals surface area contributed by atoms with E-state index in [0.717, 1.165) is 28.8 Å². The minimum atomic E-state index is 0.233. The Balaban J connectivity index is 2.39. The molecule has 1 aromatic heterocycles. The third-order valence-electron chi connectivity index (χ3n) is 1.95. The summed E-state index contributed by atoms with van der Waals surface area (Å²) >= 11 is 5.19. The van der Waals surface area contributed by atoms with Crippen molar-refractivity contribution in [3.8, 4) is 0 Å². The first-order valence-corrected chi connectivity index (χ1v) is 6.76. The van der Waals surface area contributed by atoms with Gasteiger partial charge in [-0.15, -0.1) is 0 Å². The van der Waals surface area contributed by atoms with Gasteiger partial charge in [0.05, 0.1) is 0 Å². The van der Waals surface area contributed by atoms with E-state index in [1.165, 1.54) is 0 Å². The van der Waals surface area contributed by atoms with E-state index in [2.05, 4.69) is 27.2 Å². The number of rotatable bonds is 5. The summed E-state index contributed by atoms with van der Waals surface area (Å²) in [6.45, 7) is 0. The van der Waals surface area contributed by atoms with Crippen LogP contribution in [0.5, 0.6) is 0 Å². The fraction of sp³-hybridized carbons (Fsp3) is 0.500. The molecule has 0 aliphatic heterocycles. The maximum atomic E-state index is 5.96. The van der Waals surface area contributed by atoms with Gasteiger partial charge in [0, 0.05) is 28.8 Å². The fourth-order valence-corrected chi connectivity index (χ4v) is 1.94. The first-order chi connectivity index (χ1) is 6.72. The van der Waals surface area contributed by atoms with Crippen molar-refractivity contribution in [1.29, 1.82) is 0 Å². The summed E-state index contributed by atoms with van der Waals surface area (Å²) in [5, 5.41) is 0. The van der Waals surface area contributed by atoms with Crippen LogP contribution in [0.1, 0.15) is 12.1 Å². The normalized spacial score (nSPS) is 12.8. The van der Waals surface area contributed by atoms with Crippen LogP contribution in [0.25, 0.3) is 0 Å². The third-order valence-corrected chi connectivity index (χ3v) is 3.07. The topological polar surface area (TPSA) is 38.9 Å². The molecular weight excluding hydrogens is 260 g/mol. The Bertz CT molecular complexity index is 263. The van der Waals surface area contributed by atoms with Crippen molar-refractivity contribution >= 4 is 27.7 Å². The van der Waals surface area contributed by atoms with Crippen molar-refractivity contribution in [1.82, 2.24) is 4.98 Å². The standard InChI is InChI=1S/C10H15BrN2S/c1-14-5-4-9(12)6-10-3-2-8(11)7-13-10/h2-3,7,9H,4-6,12H2,1H3. The van der Waals surface area contributed by atoms with Gasteiger partial charge < -0.3 is 5.73 Å². The zero-order chi connectivity index (χ0) is 10.4. The first kappa shape index (κ1) is 12.0. The van der Waals surface area contributed by atoms with Gasteiger partial charge in [-0.3, -0.25) is 4.98 Å². The Morgan fingerprint density at radius 1 is 1.57 bits per heavy atom. The minimum absolute atomic E-state index is 0.233. The Morgan fingerprint density at radius 2 is 2.36 bits per heavy atom. The fourth-order valence-electron chi connectivity index (χ4n) is 1.17. The predicted molar refractivity (Wildman–Crippen MR) is 66.6 cm³/mol. The molecule has 1 unspecified atom stereocenters. The van der Waals surface area contributed by atoms with E-state index in [4.69, 9.17) is 5.73 Å². The van der Waals surface area contributed by atoms with Gasteiger partial charge in [0.1, 0.15) is 0 Å². The van der Waals surface area contributed by atoms with Crippen LogP contribution in [0.2, 0.25) is 0 Å². The molecule has 0 fully saturated rings. The van der Waals surface area contributed by atoms with Gasteiger partial charge in [-0.05, 0) is 46.5 Å². The molecule has 0 aliphatic rings. The summed E-state index contributed by atoms with van der Waals surface area (Å²) in [6.07, 6.45) is 5.84. The zero-order valence-electron chi connectivity index (χ0n) is 8.24. The van der Waals surface area contributed by atoms with E-state index in [1.54, 1.807) is 0 Å². The van der Waals surface area contributed by atoms with Gasteiger partial charge in [0.25, 0.3) is 0 Å². The molecule has 0 radical (unpaired) electrons. The van der Waals surface area contributed by atoms with Crippen LogP contribution in [0.3, 0.4) is 0 Å². The SMILES string of the molecule is CSCCC(N)Cc1ccc(Br)cn1. The van der Waals surface area contributed by atoms with Crippen molar-refractivity contribution in [2.24, 2.45) is 5.73 Å². The van der Waals surface area contributed by atoms with Crippen molar-refractivity contribution in [2.45, 2.75) is 18.9 Å². The molecule has 0 amide bonds. The number of halogens is 1. The van der Waals surface area contributed by atoms with Gasteiger partial charge in [0.2, 0.25) is 0 Å². The number of nitrogens with zero attached hydrogens (tertiary/aromatic N) is 1. The van der Waals surface area contributed by atoms with Crippen LogP contribution in [0.4, 0.5) is 0 Å². The summed E-state index contributed by atoms with van der Waals surface area (Å²) in [6, 6.07) is 4.25. The van der Waals surface area contributed by atoms with Gasteiger partial charge in [-0.2, -0.15) is 11.8 Å². The Kier molecular flexibility index (Phi) is 5.52. The summed E-state index contributed by atoms with van der Waals surface area (Å²) in [5.41, 5.74) is 7.04. The molecule has 78 valence electrons. The number of hydrogen-bond acceptors (Lipinski definition) is 3. The van der Waals surface area contributed by atoms with Gasteiger partial charge in [-0.1, -0.05) is 0 Å². The highest BCUT2D eigenvalue weighted by Gasteiger charge is 2.04. The van der Waals surface area contributed by atoms with Crippen molar-refractivity contribution in [2.75, 3.05) is 12.0 Å². The molecule has 0 bridgehead atoms. The third kappa shape index (κ3) is 4.44. The Hall–Kier alpha value is -0.0600. The zero-order valence-corrected chi connectivity index (χ0v) is 10.6. The second kappa shape index (κ2) is 6.43. The lowest BCUT2D eigenvalue weighted by Gasteiger charge is -2.09. The maximum Gasteiger partial charge on any atom is 0.0419 e. The van der Waals surface area contributed by atoms with Gasteiger partial charge >= 0.3 is 0 Å². The lowest BCUT2D eigenvalue weighted by atomic mass is 10.1. The molecule has 1 aromatic rings. The van der Waals surface area contributed by atoms with E-state index in [-0.39, 0.29) is 6.04 Å². The summed E-state index contributed by atoms with van der Waals surface area (Å²) in [4.78, 5) is 4.29. The lowest BCUT2D eigenvalue weighted by Crippen LogP contribution is -2.23. The average molecular weight is 275 g/mol. The quantitative estimate of drug-likeness (QED) is 0.897. The van der Waals surface area contributed by atoms with Gasteiger partial charge in [-0.25, -0.2) is 0 Å². The van der Waals surface area contributed by atoms with Crippen molar-refractivity contribution < 1.29 is 0 Å². The number of nitrogens with two attached hydrogens (primary N) is 1. The Morgan fingerprint density at radius 3 is 2.93 bits per heavy atom. The average Bonchev–Trinajstić information content (AvgIpc) is 2.18. The van der Waals surface area contributed by atoms with Crippen LogP contribution >= 0.6 is 27.7 Å². The largest absolute Gasteiger partial charge is 0.327 e. The maximum absolute atomic E-state index is 5.96. The molecule has 0 saturated heterocycles. The molecule has 1 rings (SSSR count). The number of thioether (sulfide) groups is 1. The first-order valence-electron chi connectivity index (χ1n) is 4.57. The van der Waals surface area contributed by atoms with E-state index in [1.807, 2.05) is 30.1 Å². The lowest BCUT2D eigenvalue weighted by molar-refractivity contribution is 0.642. The van der Waals surface area contributed by atoms with Crippen LogP contribution in [-0.2, 0) is 6.42 Å². The minimum Gasteiger partial charge on any atom is -0.327 e. The van der Waals surface area contributed by atoms with Crippen LogP contribution < -0.4 is 5.73 Å². The van der Waals surface area contributed by atoms with Crippen molar-refractivity contribution in [3.05, 3.63) is 28.5 Å². The van der Waals surface area contributed by atoms with Gasteiger partial charge in [0.15, 0.2) is 0 Å². The summed E-state index contributed by atoms with van der Waals surface area (Å²) < 4.78 is 1.01. The van der Waals surface area contributed by atoms with Crippen LogP contribution in [-0.4, -0.2) is 23.0 Å². The molecule has 1 atom stereocenters. The molecule has 0 aliphatic carbocycles. The second-order valence-corrected chi connectivity index (χ2v) is 5.11. The highest BCUT2D eigenvalue weighted by atomic mass is 79.9. The molecule has 2 nitrogen and oxygen atoms in total. The summed E-state index contributed by atoms with van der Waals surface area (Å²) in [7, 11) is 0. The molecule has 1 heterocycles. The molecule has 0 aromatic carbocycles. The molecular formula is C10H15BrN2S. The monoisotopic (exact) mass is 274 g/mol. The predicted octanol–water partition coefficient (Wildman–Crippen LogP) is 2.47. The van der Waals surface area contributed by atoms with Crippen LogP contribution in [0, 0.1) is 0 Å².